The summed E-state index contributed by atoms with van der Waals surface area (Å²) in [5, 5.41) is 17.8. The van der Waals surface area contributed by atoms with Crippen LogP contribution >= 0.6 is 0 Å². The number of hydrogen-bond acceptors (Lipinski definition) is 5. The fraction of sp³-hybridized carbons (Fsp3) is 0.125. The van der Waals surface area contributed by atoms with Crippen molar-refractivity contribution in [2.45, 2.75) is 0 Å². The maximum absolute atomic E-state index is 11.0. The van der Waals surface area contributed by atoms with Gasteiger partial charge in [-0.25, -0.2) is 4.79 Å². The minimum Gasteiger partial charge on any atom is -0.505 e. The minimum absolute atomic E-state index is 0.247. The summed E-state index contributed by atoms with van der Waals surface area (Å²) >= 11 is 0. The van der Waals surface area contributed by atoms with Crippen LogP contribution in [0.2, 0.25) is 0 Å². The van der Waals surface area contributed by atoms with E-state index in [4.69, 9.17) is 5.26 Å². The zero-order valence-electron chi connectivity index (χ0n) is 7.20. The first-order valence-corrected chi connectivity index (χ1v) is 3.55. The number of nitrogens with zero attached hydrogens (tertiary/aromatic N) is 1. The summed E-state index contributed by atoms with van der Waals surface area (Å²) in [6.07, 6.45) is 0.990. The molecule has 0 fully saturated rings. The monoisotopic (exact) mass is 194 g/mol. The van der Waals surface area contributed by atoms with Crippen molar-refractivity contribution < 1.29 is 14.6 Å². The normalized spacial score (nSPS) is 9.14. The van der Waals surface area contributed by atoms with Crippen molar-refractivity contribution in [3.8, 4) is 11.8 Å². The molecule has 0 aromatic carbocycles. The zero-order chi connectivity index (χ0) is 10.7. The Morgan fingerprint density at radius 3 is 2.86 bits per heavy atom. The summed E-state index contributed by atoms with van der Waals surface area (Å²) < 4.78 is 4.33. The molecule has 0 atom stereocenters. The number of H-pyrrole nitrogens is 1. The fourth-order valence-electron chi connectivity index (χ4n) is 0.890. The molecule has 6 nitrogen and oxygen atoms in total. The Balaban J connectivity index is 3.45. The fourth-order valence-corrected chi connectivity index (χ4v) is 0.890. The van der Waals surface area contributed by atoms with Crippen LogP contribution in [0.25, 0.3) is 0 Å². The molecule has 0 aliphatic carbocycles. The molecule has 72 valence electrons. The van der Waals surface area contributed by atoms with Gasteiger partial charge in [0.25, 0.3) is 5.56 Å². The first kappa shape index (κ1) is 9.80. The molecule has 0 saturated heterocycles. The van der Waals surface area contributed by atoms with Crippen LogP contribution in [-0.4, -0.2) is 23.2 Å². The van der Waals surface area contributed by atoms with E-state index < -0.39 is 22.8 Å². The van der Waals surface area contributed by atoms with Crippen LogP contribution in [0.15, 0.2) is 11.0 Å². The minimum atomic E-state index is -0.824. The van der Waals surface area contributed by atoms with Gasteiger partial charge in [-0.2, -0.15) is 5.26 Å². The van der Waals surface area contributed by atoms with E-state index in [1.54, 1.807) is 0 Å². The SMILES string of the molecule is COC(=O)c1c[nH]c(=O)c(C#N)c1O. The summed E-state index contributed by atoms with van der Waals surface area (Å²) in [7, 11) is 1.12. The van der Waals surface area contributed by atoms with E-state index in [0.29, 0.717) is 0 Å². The second-order valence-electron chi connectivity index (χ2n) is 2.36. The molecular weight excluding hydrogens is 188 g/mol. The number of aromatic amines is 1. The first-order chi connectivity index (χ1) is 6.61. The summed E-state index contributed by atoms with van der Waals surface area (Å²) in [6, 6.07) is 1.48. The third kappa shape index (κ3) is 1.43. The molecule has 14 heavy (non-hydrogen) atoms. The maximum Gasteiger partial charge on any atom is 0.343 e. The van der Waals surface area contributed by atoms with E-state index in [9.17, 15) is 14.7 Å². The lowest BCUT2D eigenvalue weighted by molar-refractivity contribution is 0.0597. The van der Waals surface area contributed by atoms with Gasteiger partial charge in [0.15, 0.2) is 11.3 Å². The number of methoxy groups -OCH3 is 1. The highest BCUT2D eigenvalue weighted by Crippen LogP contribution is 2.17. The molecule has 0 radical (unpaired) electrons. The number of ether oxygens (including phenoxy) is 1. The highest BCUT2D eigenvalue weighted by Gasteiger charge is 2.17. The van der Waals surface area contributed by atoms with Crippen molar-refractivity contribution in [2.24, 2.45) is 0 Å². The Bertz CT molecular complexity index is 469. The number of aromatic hydroxyl groups is 1. The van der Waals surface area contributed by atoms with Gasteiger partial charge < -0.3 is 14.8 Å². The number of hydrogen-bond donors (Lipinski definition) is 2. The summed E-state index contributed by atoms with van der Waals surface area (Å²) in [6.45, 7) is 0. The van der Waals surface area contributed by atoms with Crippen molar-refractivity contribution in [1.82, 2.24) is 4.98 Å². The van der Waals surface area contributed by atoms with E-state index in [1.165, 1.54) is 6.07 Å². The van der Waals surface area contributed by atoms with Gasteiger partial charge in [0.2, 0.25) is 0 Å². The Morgan fingerprint density at radius 1 is 1.71 bits per heavy atom. The summed E-state index contributed by atoms with van der Waals surface area (Å²) in [5.41, 5.74) is -1.51. The number of nitrogens with one attached hydrogen (secondary N) is 1. The van der Waals surface area contributed by atoms with E-state index in [-0.39, 0.29) is 5.56 Å². The highest BCUT2D eigenvalue weighted by atomic mass is 16.5. The van der Waals surface area contributed by atoms with Crippen molar-refractivity contribution in [1.29, 1.82) is 5.26 Å². The van der Waals surface area contributed by atoms with E-state index in [0.717, 1.165) is 13.3 Å². The average Bonchev–Trinajstić information content (AvgIpc) is 2.18. The van der Waals surface area contributed by atoms with Crippen molar-refractivity contribution in [3.63, 3.8) is 0 Å². The number of carbonyl (C=O) groups is 1. The molecular formula is C8H6N2O4. The lowest BCUT2D eigenvalue weighted by atomic mass is 10.2. The van der Waals surface area contributed by atoms with Gasteiger partial charge in [-0.3, -0.25) is 4.79 Å². The predicted molar refractivity (Wildman–Crippen MR) is 44.8 cm³/mol. The second kappa shape index (κ2) is 3.62. The lowest BCUT2D eigenvalue weighted by Crippen LogP contribution is -2.13. The van der Waals surface area contributed by atoms with Crippen LogP contribution in [0.5, 0.6) is 5.75 Å². The van der Waals surface area contributed by atoms with Gasteiger partial charge in [-0.15, -0.1) is 0 Å². The van der Waals surface area contributed by atoms with Crippen LogP contribution in [0.1, 0.15) is 15.9 Å². The molecule has 1 aromatic heterocycles. The van der Waals surface area contributed by atoms with E-state index >= 15 is 0 Å². The topological polar surface area (TPSA) is 103 Å². The summed E-state index contributed by atoms with van der Waals surface area (Å²) in [4.78, 5) is 24.1. The lowest BCUT2D eigenvalue weighted by Gasteiger charge is -2.01. The Morgan fingerprint density at radius 2 is 2.36 bits per heavy atom. The van der Waals surface area contributed by atoms with E-state index in [2.05, 4.69) is 9.72 Å². The molecule has 0 spiro atoms. The van der Waals surface area contributed by atoms with Gasteiger partial charge in [0, 0.05) is 6.20 Å². The molecule has 0 unspecified atom stereocenters. The van der Waals surface area contributed by atoms with Crippen LogP contribution in [0, 0.1) is 11.3 Å². The molecule has 0 amide bonds. The summed E-state index contributed by atoms with van der Waals surface area (Å²) in [5.74, 6) is -1.49. The molecule has 1 aromatic rings. The van der Waals surface area contributed by atoms with Gasteiger partial charge in [-0.05, 0) is 0 Å². The number of rotatable bonds is 1. The van der Waals surface area contributed by atoms with Crippen LogP contribution in [0.4, 0.5) is 0 Å². The number of carbonyl (C=O) groups excluding carboxylic acids is 1. The largest absolute Gasteiger partial charge is 0.505 e. The Labute approximate surface area is 78.4 Å². The molecule has 0 bridgehead atoms. The van der Waals surface area contributed by atoms with Crippen molar-refractivity contribution >= 4 is 5.97 Å². The van der Waals surface area contributed by atoms with Crippen LogP contribution in [0.3, 0.4) is 0 Å². The van der Waals surface area contributed by atoms with Gasteiger partial charge in [0.05, 0.1) is 7.11 Å². The second-order valence-corrected chi connectivity index (χ2v) is 2.36. The standard InChI is InChI=1S/C8H6N2O4/c1-14-8(13)5-3-10-7(12)4(2-9)6(5)11/h3H,1H3,(H2,10,11,12). The molecule has 2 N–H and O–H groups in total. The van der Waals surface area contributed by atoms with E-state index in [1.807, 2.05) is 0 Å². The Kier molecular flexibility index (Phi) is 2.53. The third-order valence-corrected chi connectivity index (χ3v) is 1.58. The third-order valence-electron chi connectivity index (χ3n) is 1.58. The van der Waals surface area contributed by atoms with Crippen LogP contribution < -0.4 is 5.56 Å². The quantitative estimate of drug-likeness (QED) is 0.599. The van der Waals surface area contributed by atoms with Crippen molar-refractivity contribution in [3.05, 3.63) is 27.7 Å². The van der Waals surface area contributed by atoms with Gasteiger partial charge in [-0.1, -0.05) is 0 Å². The highest BCUT2D eigenvalue weighted by molar-refractivity contribution is 5.92. The average molecular weight is 194 g/mol. The molecule has 6 heteroatoms. The first-order valence-electron chi connectivity index (χ1n) is 3.55. The molecule has 0 aliphatic rings. The predicted octanol–water partition coefficient (Wildman–Crippen LogP) is -0.261. The van der Waals surface area contributed by atoms with Crippen molar-refractivity contribution in [2.75, 3.05) is 7.11 Å². The van der Waals surface area contributed by atoms with Crippen LogP contribution in [-0.2, 0) is 4.74 Å². The smallest absolute Gasteiger partial charge is 0.343 e. The molecule has 1 heterocycles. The number of pyridine rings is 1. The zero-order valence-corrected chi connectivity index (χ0v) is 7.20. The number of nitriles is 1. The van der Waals surface area contributed by atoms with Gasteiger partial charge in [0.1, 0.15) is 11.6 Å². The number of esters is 1. The number of aromatic nitrogens is 1. The molecule has 0 aliphatic heterocycles. The van der Waals surface area contributed by atoms with Gasteiger partial charge >= 0.3 is 5.97 Å². The molecule has 1 rings (SSSR count). The molecule has 0 saturated carbocycles. The maximum atomic E-state index is 11.0. The Hall–Kier alpha value is -2.29.